The van der Waals surface area contributed by atoms with Gasteiger partial charge in [-0.1, -0.05) is 52.0 Å². The molecule has 0 bridgehead atoms. The minimum atomic E-state index is 0.167. The lowest BCUT2D eigenvalue weighted by atomic mass is 10.00. The molecule has 2 atom stereocenters. The number of benzene rings is 2. The van der Waals surface area contributed by atoms with Gasteiger partial charge < -0.3 is 34.5 Å². The van der Waals surface area contributed by atoms with E-state index in [0.29, 0.717) is 0 Å². The van der Waals surface area contributed by atoms with Gasteiger partial charge in [0.2, 0.25) is 0 Å². The van der Waals surface area contributed by atoms with Gasteiger partial charge in [0.25, 0.3) is 0 Å². The number of imidazole rings is 2. The topological polar surface area (TPSA) is 103 Å². The number of hydrogen-bond acceptors (Lipinski definition) is 10. The molecule has 0 aliphatic heterocycles. The van der Waals surface area contributed by atoms with E-state index in [9.17, 15) is 0 Å². The van der Waals surface area contributed by atoms with Crippen LogP contribution in [0.4, 0.5) is 11.4 Å². The first kappa shape index (κ1) is 40.8. The average molecular weight is 759 g/mol. The third-order valence-corrected chi connectivity index (χ3v) is 10.9. The summed E-state index contributed by atoms with van der Waals surface area (Å²) in [6.45, 7) is 18.5. The second-order valence-electron chi connectivity index (χ2n) is 15.1. The van der Waals surface area contributed by atoms with Crippen molar-refractivity contribution in [3.8, 4) is 22.8 Å². The van der Waals surface area contributed by atoms with Crippen LogP contribution < -0.4 is 9.80 Å². The molecule has 0 saturated carbocycles. The van der Waals surface area contributed by atoms with Crippen molar-refractivity contribution < 1.29 is 0 Å². The molecule has 4 aromatic heterocycles. The van der Waals surface area contributed by atoms with E-state index in [1.165, 1.54) is 11.4 Å². The van der Waals surface area contributed by atoms with Gasteiger partial charge in [0.05, 0.1) is 28.8 Å². The molecule has 12 nitrogen and oxygen atoms in total. The van der Waals surface area contributed by atoms with Crippen LogP contribution in [0.2, 0.25) is 0 Å². The first-order valence-corrected chi connectivity index (χ1v) is 20.3. The highest BCUT2D eigenvalue weighted by molar-refractivity contribution is 5.79. The maximum absolute atomic E-state index is 4.94. The Kier molecular flexibility index (Phi) is 14.1. The maximum atomic E-state index is 4.94. The monoisotopic (exact) mass is 759 g/mol. The van der Waals surface area contributed by atoms with Crippen LogP contribution in [0, 0.1) is 0 Å². The van der Waals surface area contributed by atoms with Crippen LogP contribution in [0.1, 0.15) is 27.7 Å². The average Bonchev–Trinajstić information content (AvgIpc) is 3.85. The lowest BCUT2D eigenvalue weighted by molar-refractivity contribution is 0.165. The lowest BCUT2D eigenvalue weighted by Gasteiger charge is -2.46. The zero-order valence-corrected chi connectivity index (χ0v) is 34.8. The number of nitrogens with zero attached hydrogens (tertiary/aromatic N) is 10. The molecule has 2 N–H and O–H groups in total. The van der Waals surface area contributed by atoms with E-state index in [1.807, 2.05) is 24.4 Å². The summed E-state index contributed by atoms with van der Waals surface area (Å²) in [6, 6.07) is 24.1. The molecule has 2 aromatic carbocycles. The van der Waals surface area contributed by atoms with E-state index in [0.717, 1.165) is 110 Å². The summed E-state index contributed by atoms with van der Waals surface area (Å²) in [5, 5.41) is 0. The van der Waals surface area contributed by atoms with Crippen LogP contribution in [-0.2, 0) is 0 Å². The molecule has 298 valence electrons. The Morgan fingerprint density at radius 1 is 0.607 bits per heavy atom. The molecule has 0 fully saturated rings. The first-order valence-electron chi connectivity index (χ1n) is 20.3. The van der Waals surface area contributed by atoms with E-state index in [1.54, 1.807) is 12.4 Å². The van der Waals surface area contributed by atoms with Crippen molar-refractivity contribution in [2.45, 2.75) is 39.8 Å². The standard InChI is InChI=1S/C44H62N12/c1-9-53(10-2)25-26-55(35-18-13-16-33(28-35)43-48-38-20-15-22-46-44(38)50-43)32-40(54(11-3)12-4)41(31-52(7)8)56(27-24-51(5)6)36-19-14-17-34(29-36)42-47-37-21-23-45-30-39(37)49-42/h13-23,28-30,40-41H,9-12,24-27,31-32H2,1-8H3,(H,47,49)(H,46,48,50). The van der Waals surface area contributed by atoms with Crippen molar-refractivity contribution in [3.05, 3.63) is 85.3 Å². The zero-order valence-electron chi connectivity index (χ0n) is 34.8. The van der Waals surface area contributed by atoms with Crippen LogP contribution in [0.25, 0.3) is 45.0 Å². The summed E-state index contributed by atoms with van der Waals surface area (Å²) in [5.41, 5.74) is 8.06. The van der Waals surface area contributed by atoms with Crippen molar-refractivity contribution in [2.24, 2.45) is 0 Å². The van der Waals surface area contributed by atoms with Crippen LogP contribution in [0.5, 0.6) is 0 Å². The molecule has 6 rings (SSSR count). The Morgan fingerprint density at radius 2 is 1.30 bits per heavy atom. The molecule has 6 aromatic rings. The number of aromatic nitrogens is 6. The highest BCUT2D eigenvalue weighted by atomic mass is 15.3. The summed E-state index contributed by atoms with van der Waals surface area (Å²) >= 11 is 0. The highest BCUT2D eigenvalue weighted by Crippen LogP contribution is 2.30. The molecule has 0 aliphatic carbocycles. The molecular formula is C44H62N12. The van der Waals surface area contributed by atoms with Gasteiger partial charge in [-0.2, -0.15) is 0 Å². The molecule has 0 spiro atoms. The van der Waals surface area contributed by atoms with Crippen molar-refractivity contribution in [1.82, 2.24) is 49.5 Å². The highest BCUT2D eigenvalue weighted by Gasteiger charge is 2.34. The number of fused-ring (bicyclic) bond motifs is 2. The maximum Gasteiger partial charge on any atom is 0.178 e. The quantitative estimate of drug-likeness (QED) is 0.0856. The van der Waals surface area contributed by atoms with Gasteiger partial charge in [-0.25, -0.2) is 15.0 Å². The van der Waals surface area contributed by atoms with E-state index < -0.39 is 0 Å². The fraction of sp³-hybridized carbons (Fsp3) is 0.455. The van der Waals surface area contributed by atoms with Crippen LogP contribution in [-0.4, -0.2) is 155 Å². The molecular weight excluding hydrogens is 697 g/mol. The molecule has 0 radical (unpaired) electrons. The van der Waals surface area contributed by atoms with Crippen molar-refractivity contribution >= 4 is 33.6 Å². The fourth-order valence-electron chi connectivity index (χ4n) is 7.78. The molecule has 4 heterocycles. The summed E-state index contributed by atoms with van der Waals surface area (Å²) in [7, 11) is 8.75. The van der Waals surface area contributed by atoms with E-state index in [2.05, 4.69) is 154 Å². The van der Waals surface area contributed by atoms with Gasteiger partial charge in [-0.15, -0.1) is 0 Å². The Hall–Kier alpha value is -4.88. The van der Waals surface area contributed by atoms with Gasteiger partial charge >= 0.3 is 0 Å². The Labute approximate surface area is 333 Å². The zero-order chi connectivity index (χ0) is 39.6. The van der Waals surface area contributed by atoms with Crippen LogP contribution >= 0.6 is 0 Å². The van der Waals surface area contributed by atoms with Gasteiger partial charge in [0.15, 0.2) is 5.65 Å². The number of hydrogen-bond donors (Lipinski definition) is 2. The largest absolute Gasteiger partial charge is 0.369 e. The fourth-order valence-corrected chi connectivity index (χ4v) is 7.78. The summed E-state index contributed by atoms with van der Waals surface area (Å²) in [6.07, 6.45) is 5.43. The third-order valence-electron chi connectivity index (χ3n) is 10.9. The molecule has 56 heavy (non-hydrogen) atoms. The van der Waals surface area contributed by atoms with Gasteiger partial charge in [0, 0.05) is 80.2 Å². The van der Waals surface area contributed by atoms with Crippen molar-refractivity contribution in [1.29, 1.82) is 0 Å². The predicted molar refractivity (Wildman–Crippen MR) is 234 cm³/mol. The Bertz CT molecular complexity index is 2030. The Balaban J connectivity index is 1.42. The summed E-state index contributed by atoms with van der Waals surface area (Å²) in [4.78, 5) is 40.8. The number of likely N-dealkylation sites (N-methyl/N-ethyl adjacent to an activating group) is 4. The van der Waals surface area contributed by atoms with E-state index >= 15 is 0 Å². The smallest absolute Gasteiger partial charge is 0.178 e. The molecule has 12 heteroatoms. The Morgan fingerprint density at radius 3 is 1.96 bits per heavy atom. The molecule has 0 saturated heterocycles. The number of pyridine rings is 2. The second kappa shape index (κ2) is 19.3. The van der Waals surface area contributed by atoms with Gasteiger partial charge in [-0.05, 0) is 96.8 Å². The molecule has 0 aliphatic rings. The van der Waals surface area contributed by atoms with Crippen LogP contribution in [0.3, 0.4) is 0 Å². The van der Waals surface area contributed by atoms with Crippen molar-refractivity contribution in [3.63, 3.8) is 0 Å². The minimum Gasteiger partial charge on any atom is -0.369 e. The summed E-state index contributed by atoms with van der Waals surface area (Å²) < 4.78 is 0. The van der Waals surface area contributed by atoms with Crippen LogP contribution in [0.15, 0.2) is 85.3 Å². The number of H-pyrrole nitrogens is 2. The van der Waals surface area contributed by atoms with Crippen molar-refractivity contribution in [2.75, 3.05) is 103 Å². The number of aromatic amines is 2. The van der Waals surface area contributed by atoms with E-state index in [4.69, 9.17) is 9.97 Å². The second-order valence-corrected chi connectivity index (χ2v) is 15.1. The summed E-state index contributed by atoms with van der Waals surface area (Å²) in [5.74, 6) is 1.69. The number of anilines is 2. The van der Waals surface area contributed by atoms with Gasteiger partial charge in [-0.3, -0.25) is 9.88 Å². The van der Waals surface area contributed by atoms with E-state index in [-0.39, 0.29) is 12.1 Å². The normalized spacial score (nSPS) is 13.1. The number of nitrogens with one attached hydrogen (secondary N) is 2. The molecule has 0 amide bonds. The predicted octanol–water partition coefficient (Wildman–Crippen LogP) is 6.42. The first-order chi connectivity index (χ1) is 27.2. The number of rotatable bonds is 21. The van der Waals surface area contributed by atoms with Gasteiger partial charge in [0.1, 0.15) is 11.6 Å². The third kappa shape index (κ3) is 9.91. The molecule has 2 unspecified atom stereocenters. The SMILES string of the molecule is CCN(CC)CCN(CC(C(CN(C)C)N(CCN(C)C)c1cccc(-c2nc3ccncc3[nH]2)c1)N(CC)CC)c1cccc(-c2nc3ncccc3[nH]2)c1. The lowest BCUT2D eigenvalue weighted by Crippen LogP contribution is -2.61. The minimum absolute atomic E-state index is 0.167.